The third-order valence-corrected chi connectivity index (χ3v) is 8.82. The van der Waals surface area contributed by atoms with E-state index in [2.05, 4.69) is 30.4 Å². The van der Waals surface area contributed by atoms with E-state index in [0.717, 1.165) is 58.9 Å². The summed E-state index contributed by atoms with van der Waals surface area (Å²) in [6, 6.07) is 32.6. The van der Waals surface area contributed by atoms with E-state index in [1.807, 2.05) is 77.7 Å². The summed E-state index contributed by atoms with van der Waals surface area (Å²) in [7, 11) is 4.18. The molecule has 6 rings (SSSR count). The van der Waals surface area contributed by atoms with Crippen LogP contribution < -0.4 is 10.2 Å². The van der Waals surface area contributed by atoms with E-state index in [0.29, 0.717) is 23.4 Å². The number of aromatic nitrogens is 1. The van der Waals surface area contributed by atoms with Crippen LogP contribution in [0.1, 0.15) is 37.0 Å². The lowest BCUT2D eigenvalue weighted by Crippen LogP contribution is -2.32. The van der Waals surface area contributed by atoms with E-state index in [-0.39, 0.29) is 24.2 Å². The second kappa shape index (κ2) is 14.0. The summed E-state index contributed by atoms with van der Waals surface area (Å²) in [5, 5.41) is 4.16. The SMILES string of the molecule is CN(C)CCCc1nc2c(s1)CCN(C(=O)c1ccc(NC(=O)c3ccccc3-c3ccccc3)cc1)c1ccccc1-2.Cl. The van der Waals surface area contributed by atoms with Crippen molar-refractivity contribution in [3.8, 4) is 22.4 Å². The molecule has 6 nitrogen and oxygen atoms in total. The number of aryl methyl sites for hydroxylation is 1. The molecule has 8 heteroatoms. The zero-order valence-electron chi connectivity index (χ0n) is 24.8. The van der Waals surface area contributed by atoms with Crippen molar-refractivity contribution in [3.05, 3.63) is 124 Å². The van der Waals surface area contributed by atoms with Crippen LogP contribution in [0.25, 0.3) is 22.4 Å². The zero-order valence-corrected chi connectivity index (χ0v) is 26.5. The molecule has 0 atom stereocenters. The number of amides is 2. The number of carbonyl (C=O) groups is 2. The number of fused-ring (bicyclic) bond motifs is 3. The molecular formula is C36H35ClN4O2S. The molecule has 0 saturated carbocycles. The van der Waals surface area contributed by atoms with E-state index in [4.69, 9.17) is 4.98 Å². The van der Waals surface area contributed by atoms with Gasteiger partial charge in [0.15, 0.2) is 0 Å². The Morgan fingerprint density at radius 3 is 2.30 bits per heavy atom. The van der Waals surface area contributed by atoms with E-state index in [1.54, 1.807) is 35.6 Å². The van der Waals surface area contributed by atoms with Crippen molar-refractivity contribution >= 4 is 46.9 Å². The zero-order chi connectivity index (χ0) is 29.8. The van der Waals surface area contributed by atoms with Crippen LogP contribution in [0.2, 0.25) is 0 Å². The lowest BCUT2D eigenvalue weighted by Gasteiger charge is -2.23. The smallest absolute Gasteiger partial charge is 0.258 e. The molecule has 1 N–H and O–H groups in total. The van der Waals surface area contributed by atoms with Crippen molar-refractivity contribution in [2.45, 2.75) is 19.3 Å². The van der Waals surface area contributed by atoms with Crippen LogP contribution in [0.5, 0.6) is 0 Å². The molecule has 1 aromatic heterocycles. The maximum Gasteiger partial charge on any atom is 0.258 e. The minimum atomic E-state index is -0.195. The molecule has 2 heterocycles. The second-order valence-electron chi connectivity index (χ2n) is 11.0. The normalized spacial score (nSPS) is 12.1. The molecule has 44 heavy (non-hydrogen) atoms. The first-order chi connectivity index (χ1) is 21.0. The average molecular weight is 623 g/mol. The fourth-order valence-corrected chi connectivity index (χ4v) is 6.60. The standard InChI is InChI=1S/C36H34N4O2S.ClH/c1-39(2)23-10-17-33-38-34-30-15-8-9-16-31(30)40(24-22-32(34)43-33)36(42)26-18-20-27(21-19-26)37-35(41)29-14-7-6-13-28(29)25-11-4-3-5-12-25;/h3-9,11-16,18-21H,10,17,22-24H2,1-2H3,(H,37,41);1H. The Labute approximate surface area is 268 Å². The maximum atomic E-state index is 13.8. The van der Waals surface area contributed by atoms with Crippen molar-refractivity contribution in [2.24, 2.45) is 0 Å². The van der Waals surface area contributed by atoms with Gasteiger partial charge < -0.3 is 15.1 Å². The van der Waals surface area contributed by atoms with E-state index in [1.165, 1.54) is 4.88 Å². The number of hydrogen-bond donors (Lipinski definition) is 1. The molecule has 224 valence electrons. The van der Waals surface area contributed by atoms with Crippen molar-refractivity contribution in [1.29, 1.82) is 0 Å². The average Bonchev–Trinajstić information content (AvgIpc) is 3.37. The number of benzene rings is 4. The molecule has 0 fully saturated rings. The third kappa shape index (κ3) is 6.76. The first-order valence-electron chi connectivity index (χ1n) is 14.6. The number of rotatable bonds is 8. The quantitative estimate of drug-likeness (QED) is 0.191. The predicted octanol–water partition coefficient (Wildman–Crippen LogP) is 7.85. The van der Waals surface area contributed by atoms with Gasteiger partial charge in [0, 0.05) is 46.6 Å². The number of para-hydroxylation sites is 1. The van der Waals surface area contributed by atoms with Crippen LogP contribution in [-0.2, 0) is 12.8 Å². The number of carbonyl (C=O) groups excluding carboxylic acids is 2. The molecule has 5 aromatic rings. The van der Waals surface area contributed by atoms with Crippen LogP contribution in [0.4, 0.5) is 11.4 Å². The summed E-state index contributed by atoms with van der Waals surface area (Å²) in [4.78, 5) is 37.4. The first-order valence-corrected chi connectivity index (χ1v) is 15.4. The lowest BCUT2D eigenvalue weighted by molar-refractivity contribution is 0.0986. The Bertz CT molecular complexity index is 1750. The van der Waals surface area contributed by atoms with Gasteiger partial charge in [-0.1, -0.05) is 66.7 Å². The fraction of sp³-hybridized carbons (Fsp3) is 0.194. The van der Waals surface area contributed by atoms with Gasteiger partial charge in [-0.2, -0.15) is 0 Å². The Kier molecular flexibility index (Phi) is 9.90. The molecule has 1 aliphatic heterocycles. The molecule has 0 bridgehead atoms. The minimum Gasteiger partial charge on any atom is -0.322 e. The highest BCUT2D eigenvalue weighted by molar-refractivity contribution is 7.12. The summed E-state index contributed by atoms with van der Waals surface area (Å²) in [5.74, 6) is -0.263. The Balaban J connectivity index is 0.00000384. The maximum absolute atomic E-state index is 13.8. The second-order valence-corrected chi connectivity index (χ2v) is 12.1. The number of nitrogens with one attached hydrogen (secondary N) is 1. The molecule has 0 saturated heterocycles. The molecule has 0 radical (unpaired) electrons. The van der Waals surface area contributed by atoms with Gasteiger partial charge in [-0.05, 0) is 74.6 Å². The fourth-order valence-electron chi connectivity index (χ4n) is 5.49. The Hall–Kier alpha value is -4.30. The Morgan fingerprint density at radius 2 is 1.55 bits per heavy atom. The monoisotopic (exact) mass is 622 g/mol. The Morgan fingerprint density at radius 1 is 0.864 bits per heavy atom. The van der Waals surface area contributed by atoms with Gasteiger partial charge in [0.25, 0.3) is 11.8 Å². The number of halogens is 1. The number of hydrogen-bond acceptors (Lipinski definition) is 5. The minimum absolute atomic E-state index is 0. The molecule has 0 aliphatic carbocycles. The highest BCUT2D eigenvalue weighted by Gasteiger charge is 2.27. The van der Waals surface area contributed by atoms with E-state index < -0.39 is 0 Å². The number of anilines is 2. The summed E-state index contributed by atoms with van der Waals surface area (Å²) >= 11 is 1.77. The van der Waals surface area contributed by atoms with E-state index in [9.17, 15) is 9.59 Å². The van der Waals surface area contributed by atoms with Crippen LogP contribution in [0.3, 0.4) is 0 Å². The third-order valence-electron chi connectivity index (χ3n) is 7.64. The largest absolute Gasteiger partial charge is 0.322 e. The van der Waals surface area contributed by atoms with Crippen molar-refractivity contribution in [2.75, 3.05) is 37.4 Å². The molecular weight excluding hydrogens is 588 g/mol. The van der Waals surface area contributed by atoms with Gasteiger partial charge in [0.1, 0.15) is 0 Å². The van der Waals surface area contributed by atoms with Gasteiger partial charge >= 0.3 is 0 Å². The molecule has 0 unspecified atom stereocenters. The lowest BCUT2D eigenvalue weighted by atomic mass is 9.99. The summed E-state index contributed by atoms with van der Waals surface area (Å²) in [6.45, 7) is 1.61. The van der Waals surface area contributed by atoms with Crippen LogP contribution in [0.15, 0.2) is 103 Å². The van der Waals surface area contributed by atoms with Crippen LogP contribution in [0, 0.1) is 0 Å². The topological polar surface area (TPSA) is 65.5 Å². The predicted molar refractivity (Wildman–Crippen MR) is 183 cm³/mol. The highest BCUT2D eigenvalue weighted by Crippen LogP contribution is 2.39. The summed E-state index contributed by atoms with van der Waals surface area (Å²) in [6.07, 6.45) is 2.79. The van der Waals surface area contributed by atoms with Crippen LogP contribution >= 0.6 is 23.7 Å². The van der Waals surface area contributed by atoms with Crippen molar-refractivity contribution in [1.82, 2.24) is 9.88 Å². The van der Waals surface area contributed by atoms with Gasteiger partial charge in [0.2, 0.25) is 0 Å². The summed E-state index contributed by atoms with van der Waals surface area (Å²) in [5.41, 5.74) is 6.54. The molecule has 1 aliphatic rings. The van der Waals surface area contributed by atoms with Crippen molar-refractivity contribution in [3.63, 3.8) is 0 Å². The van der Waals surface area contributed by atoms with E-state index >= 15 is 0 Å². The highest BCUT2D eigenvalue weighted by atomic mass is 35.5. The first kappa shape index (κ1) is 31.1. The molecule has 4 aromatic carbocycles. The van der Waals surface area contributed by atoms with Crippen LogP contribution in [-0.4, -0.2) is 48.9 Å². The number of thiazole rings is 1. The van der Waals surface area contributed by atoms with Gasteiger partial charge in [-0.25, -0.2) is 4.98 Å². The molecule has 0 spiro atoms. The van der Waals surface area contributed by atoms with Gasteiger partial charge in [0.05, 0.1) is 16.4 Å². The van der Waals surface area contributed by atoms with Gasteiger partial charge in [-0.15, -0.1) is 23.7 Å². The summed E-state index contributed by atoms with van der Waals surface area (Å²) < 4.78 is 0. The number of nitrogens with zero attached hydrogens (tertiary/aromatic N) is 3. The van der Waals surface area contributed by atoms with Crippen molar-refractivity contribution < 1.29 is 9.59 Å². The molecule has 2 amide bonds. The van der Waals surface area contributed by atoms with Gasteiger partial charge in [-0.3, -0.25) is 9.59 Å².